The maximum Gasteiger partial charge on any atom is 0.409 e. The zero-order valence-corrected chi connectivity index (χ0v) is 20.6. The van der Waals surface area contributed by atoms with Gasteiger partial charge in [-0.15, -0.1) is 0 Å². The van der Waals surface area contributed by atoms with Crippen molar-refractivity contribution in [1.82, 2.24) is 5.32 Å². The largest absolute Gasteiger partial charge is 0.497 e. The minimum atomic E-state index is -1.56. The molecule has 0 saturated heterocycles. The molecule has 0 aliphatic carbocycles. The summed E-state index contributed by atoms with van der Waals surface area (Å²) >= 11 is 0. The van der Waals surface area contributed by atoms with Crippen LogP contribution in [0.15, 0.2) is 72.8 Å². The minimum absolute atomic E-state index is 0.308. The SMILES string of the molecule is COc1ccc([C@@]2(NC(=O)OC(C)(C)C)C(=O)N(Cc3ccccc3)c3ccccc32)c(OC)c1. The smallest absolute Gasteiger partial charge is 0.409 e. The lowest BCUT2D eigenvalue weighted by Crippen LogP contribution is -2.54. The Bertz CT molecular complexity index is 1240. The summed E-state index contributed by atoms with van der Waals surface area (Å²) in [5, 5.41) is 2.93. The summed E-state index contributed by atoms with van der Waals surface area (Å²) < 4.78 is 16.6. The van der Waals surface area contributed by atoms with Gasteiger partial charge in [-0.3, -0.25) is 10.1 Å². The molecular formula is C28H30N2O5. The van der Waals surface area contributed by atoms with Gasteiger partial charge in [0.1, 0.15) is 17.1 Å². The summed E-state index contributed by atoms with van der Waals surface area (Å²) in [6.07, 6.45) is -0.708. The van der Waals surface area contributed by atoms with Gasteiger partial charge >= 0.3 is 6.09 Å². The molecule has 1 N–H and O–H groups in total. The highest BCUT2D eigenvalue weighted by atomic mass is 16.6. The van der Waals surface area contributed by atoms with Crippen LogP contribution < -0.4 is 19.7 Å². The van der Waals surface area contributed by atoms with Crippen molar-refractivity contribution >= 4 is 17.7 Å². The van der Waals surface area contributed by atoms with Crippen molar-refractivity contribution in [2.45, 2.75) is 38.5 Å². The molecule has 1 atom stereocenters. The molecule has 3 aromatic rings. The van der Waals surface area contributed by atoms with Gasteiger partial charge in [0.15, 0.2) is 5.54 Å². The van der Waals surface area contributed by atoms with Crippen LogP contribution >= 0.6 is 0 Å². The van der Waals surface area contributed by atoms with Crippen LogP contribution in [0.5, 0.6) is 11.5 Å². The number of benzene rings is 3. The zero-order valence-electron chi connectivity index (χ0n) is 20.6. The molecule has 0 spiro atoms. The van der Waals surface area contributed by atoms with E-state index in [2.05, 4.69) is 5.32 Å². The van der Waals surface area contributed by atoms with Crippen molar-refractivity contribution in [3.63, 3.8) is 0 Å². The number of ether oxygens (including phenoxy) is 3. The van der Waals surface area contributed by atoms with E-state index in [1.165, 1.54) is 7.11 Å². The number of carbonyl (C=O) groups is 2. The number of nitrogens with zero attached hydrogens (tertiary/aromatic N) is 1. The third-order valence-electron chi connectivity index (χ3n) is 5.85. The Kier molecular flexibility index (Phi) is 6.43. The van der Waals surface area contributed by atoms with Crippen LogP contribution in [0.4, 0.5) is 10.5 Å². The van der Waals surface area contributed by atoms with Crippen LogP contribution in [0, 0.1) is 0 Å². The van der Waals surface area contributed by atoms with Crippen molar-refractivity contribution in [3.8, 4) is 11.5 Å². The van der Waals surface area contributed by atoms with Crippen molar-refractivity contribution < 1.29 is 23.8 Å². The van der Waals surface area contributed by atoms with E-state index in [1.54, 1.807) is 51.0 Å². The van der Waals surface area contributed by atoms with Gasteiger partial charge in [0, 0.05) is 17.2 Å². The lowest BCUT2D eigenvalue weighted by atomic mass is 9.83. The van der Waals surface area contributed by atoms with E-state index < -0.39 is 17.2 Å². The fourth-order valence-electron chi connectivity index (χ4n) is 4.39. The van der Waals surface area contributed by atoms with Gasteiger partial charge in [0.2, 0.25) is 0 Å². The van der Waals surface area contributed by atoms with Crippen LogP contribution in [0.1, 0.15) is 37.5 Å². The number of amides is 2. The lowest BCUT2D eigenvalue weighted by molar-refractivity contribution is -0.123. The molecule has 7 nitrogen and oxygen atoms in total. The van der Waals surface area contributed by atoms with E-state index in [4.69, 9.17) is 14.2 Å². The number of alkyl carbamates (subject to hydrolysis) is 1. The molecule has 35 heavy (non-hydrogen) atoms. The number of para-hydroxylation sites is 1. The maximum atomic E-state index is 14.4. The Labute approximate surface area is 205 Å². The highest BCUT2D eigenvalue weighted by Crippen LogP contribution is 2.48. The second-order valence-electron chi connectivity index (χ2n) is 9.34. The summed E-state index contributed by atoms with van der Waals surface area (Å²) in [6, 6.07) is 22.4. The molecule has 0 bridgehead atoms. The summed E-state index contributed by atoms with van der Waals surface area (Å²) in [5.41, 5.74) is 0.474. The van der Waals surface area contributed by atoms with E-state index in [9.17, 15) is 9.59 Å². The van der Waals surface area contributed by atoms with Crippen LogP contribution in [-0.2, 0) is 21.6 Å². The second kappa shape index (κ2) is 9.33. The second-order valence-corrected chi connectivity index (χ2v) is 9.34. The number of nitrogens with one attached hydrogen (secondary N) is 1. The van der Waals surface area contributed by atoms with E-state index in [1.807, 2.05) is 54.6 Å². The van der Waals surface area contributed by atoms with Crippen molar-refractivity contribution in [2.24, 2.45) is 0 Å². The normalized spacial score (nSPS) is 17.1. The Morgan fingerprint density at radius 1 is 0.914 bits per heavy atom. The zero-order chi connectivity index (χ0) is 25.2. The fraction of sp³-hybridized carbons (Fsp3) is 0.286. The van der Waals surface area contributed by atoms with E-state index in [-0.39, 0.29) is 5.91 Å². The molecular weight excluding hydrogens is 444 g/mol. The first-order valence-corrected chi connectivity index (χ1v) is 11.4. The molecule has 1 heterocycles. The number of hydrogen-bond donors (Lipinski definition) is 1. The van der Waals surface area contributed by atoms with Gasteiger partial charge in [-0.25, -0.2) is 4.79 Å². The molecule has 0 unspecified atom stereocenters. The van der Waals surface area contributed by atoms with Gasteiger partial charge in [-0.05, 0) is 44.5 Å². The topological polar surface area (TPSA) is 77.1 Å². The molecule has 2 amide bonds. The van der Waals surface area contributed by atoms with Crippen LogP contribution in [0.25, 0.3) is 0 Å². The van der Waals surface area contributed by atoms with Crippen LogP contribution in [0.3, 0.4) is 0 Å². The maximum absolute atomic E-state index is 14.4. The van der Waals surface area contributed by atoms with Crippen molar-refractivity contribution in [2.75, 3.05) is 19.1 Å². The Hall–Kier alpha value is -4.00. The average Bonchev–Trinajstić information content (AvgIpc) is 3.06. The first kappa shape index (κ1) is 24.1. The molecule has 0 aromatic heterocycles. The van der Waals surface area contributed by atoms with Crippen molar-refractivity contribution in [3.05, 3.63) is 89.5 Å². The highest BCUT2D eigenvalue weighted by molar-refractivity contribution is 6.11. The molecule has 4 rings (SSSR count). The minimum Gasteiger partial charge on any atom is -0.497 e. The van der Waals surface area contributed by atoms with Gasteiger partial charge in [0.25, 0.3) is 5.91 Å². The molecule has 0 saturated carbocycles. The van der Waals surface area contributed by atoms with Gasteiger partial charge in [-0.2, -0.15) is 0 Å². The number of carbonyl (C=O) groups excluding carboxylic acids is 2. The van der Waals surface area contributed by atoms with Crippen LogP contribution in [0.2, 0.25) is 0 Å². The molecule has 0 fully saturated rings. The fourth-order valence-corrected chi connectivity index (χ4v) is 4.39. The quantitative estimate of drug-likeness (QED) is 0.543. The third kappa shape index (κ3) is 4.54. The summed E-state index contributed by atoms with van der Waals surface area (Å²) in [5.74, 6) is 0.667. The number of methoxy groups -OCH3 is 2. The lowest BCUT2D eigenvalue weighted by Gasteiger charge is -2.33. The molecule has 1 aliphatic rings. The summed E-state index contributed by atoms with van der Waals surface area (Å²) in [7, 11) is 3.08. The standard InChI is InChI=1S/C28H30N2O5/c1-27(2,3)35-26(32)29-28(22-16-15-20(33-4)17-24(22)34-5)21-13-9-10-14-23(21)30(25(28)31)18-19-11-7-6-8-12-19/h6-17H,18H2,1-5H3,(H,29,32)/t28-/m1/s1. The van der Waals surface area contributed by atoms with Gasteiger partial charge < -0.3 is 19.1 Å². The Balaban J connectivity index is 1.92. The number of hydrogen-bond acceptors (Lipinski definition) is 5. The Morgan fingerprint density at radius 3 is 2.26 bits per heavy atom. The number of rotatable bonds is 6. The summed E-state index contributed by atoms with van der Waals surface area (Å²) in [4.78, 5) is 29.2. The van der Waals surface area contributed by atoms with E-state index in [0.717, 1.165) is 5.56 Å². The monoisotopic (exact) mass is 474 g/mol. The van der Waals surface area contributed by atoms with Crippen molar-refractivity contribution in [1.29, 1.82) is 0 Å². The molecule has 7 heteroatoms. The first-order valence-electron chi connectivity index (χ1n) is 11.4. The third-order valence-corrected chi connectivity index (χ3v) is 5.85. The number of anilines is 1. The summed E-state index contributed by atoms with van der Waals surface area (Å²) in [6.45, 7) is 5.67. The highest BCUT2D eigenvalue weighted by Gasteiger charge is 2.55. The van der Waals surface area contributed by atoms with E-state index >= 15 is 0 Å². The molecule has 0 radical (unpaired) electrons. The Morgan fingerprint density at radius 2 is 1.60 bits per heavy atom. The average molecular weight is 475 g/mol. The molecule has 1 aliphatic heterocycles. The van der Waals surface area contributed by atoms with E-state index in [0.29, 0.717) is 34.9 Å². The van der Waals surface area contributed by atoms with Crippen LogP contribution in [-0.4, -0.2) is 31.8 Å². The first-order chi connectivity index (χ1) is 16.7. The molecule has 3 aromatic carbocycles. The van der Waals surface area contributed by atoms with Gasteiger partial charge in [-0.1, -0.05) is 48.5 Å². The van der Waals surface area contributed by atoms with Gasteiger partial charge in [0.05, 0.1) is 26.5 Å². The predicted octanol–water partition coefficient (Wildman–Crippen LogP) is 5.02. The number of fused-ring (bicyclic) bond motifs is 1. The molecule has 182 valence electrons. The predicted molar refractivity (Wildman–Crippen MR) is 134 cm³/mol.